The second-order valence-corrected chi connectivity index (χ2v) is 6.94. The summed E-state index contributed by atoms with van der Waals surface area (Å²) in [7, 11) is -4.89. The molecule has 21 heavy (non-hydrogen) atoms. The van der Waals surface area contributed by atoms with Crippen molar-refractivity contribution < 1.29 is 30.9 Å². The molecule has 5 nitrogen and oxygen atoms in total. The Morgan fingerprint density at radius 3 is 2.43 bits per heavy atom. The van der Waals surface area contributed by atoms with Crippen molar-refractivity contribution in [3.63, 3.8) is 0 Å². The Hall–Kier alpha value is -0.880. The third kappa shape index (κ3) is 5.79. The standard InChI is InChI=1S/C11H11F3INO4S/c1-6-4-7(2-3-8(6)15)10(17)16-9(11(12,13)14)5-21(18,19)20/h2-4,9H,5H2,1H3,(H,16,17)(H,18,19,20). The zero-order chi connectivity index (χ0) is 16.4. The molecule has 1 atom stereocenters. The Bertz CT molecular complexity index is 645. The van der Waals surface area contributed by atoms with Crippen LogP contribution in [0.3, 0.4) is 0 Å². The summed E-state index contributed by atoms with van der Waals surface area (Å²) >= 11 is 2.00. The maximum Gasteiger partial charge on any atom is 0.409 e. The highest BCUT2D eigenvalue weighted by molar-refractivity contribution is 14.1. The number of alkyl halides is 3. The van der Waals surface area contributed by atoms with Crippen LogP contribution >= 0.6 is 22.6 Å². The Balaban J connectivity index is 2.98. The number of nitrogens with one attached hydrogen (secondary N) is 1. The summed E-state index contributed by atoms with van der Waals surface area (Å²) in [5.74, 6) is -2.70. The number of amides is 1. The van der Waals surface area contributed by atoms with Crippen LogP contribution in [-0.4, -0.2) is 36.8 Å². The van der Waals surface area contributed by atoms with Gasteiger partial charge in [0.05, 0.1) is 0 Å². The Kier molecular flexibility index (Phi) is 5.61. The summed E-state index contributed by atoms with van der Waals surface area (Å²) in [4.78, 5) is 11.8. The maximum absolute atomic E-state index is 12.7. The summed E-state index contributed by atoms with van der Waals surface area (Å²) in [5, 5.41) is 1.57. The lowest BCUT2D eigenvalue weighted by Gasteiger charge is -2.20. The number of benzene rings is 1. The zero-order valence-corrected chi connectivity index (χ0v) is 13.6. The molecule has 0 saturated carbocycles. The molecule has 0 heterocycles. The first-order chi connectivity index (χ1) is 9.40. The van der Waals surface area contributed by atoms with Crippen LogP contribution in [0.2, 0.25) is 0 Å². The molecule has 0 saturated heterocycles. The van der Waals surface area contributed by atoms with Gasteiger partial charge in [0.15, 0.2) is 0 Å². The van der Waals surface area contributed by atoms with Crippen LogP contribution in [0.25, 0.3) is 0 Å². The minimum Gasteiger partial charge on any atom is -0.339 e. The minimum atomic E-state index is -5.00. The number of halogens is 4. The molecule has 0 fully saturated rings. The van der Waals surface area contributed by atoms with Gasteiger partial charge in [-0.15, -0.1) is 0 Å². The molecular weight excluding hydrogens is 426 g/mol. The monoisotopic (exact) mass is 437 g/mol. The second kappa shape index (κ2) is 6.48. The number of hydrogen-bond donors (Lipinski definition) is 2. The summed E-state index contributed by atoms with van der Waals surface area (Å²) in [5.41, 5.74) is 0.666. The Morgan fingerprint density at radius 2 is 2.00 bits per heavy atom. The molecule has 0 spiro atoms. The predicted molar refractivity (Wildman–Crippen MR) is 77.6 cm³/mol. The van der Waals surface area contributed by atoms with Crippen molar-refractivity contribution in [2.45, 2.75) is 19.1 Å². The van der Waals surface area contributed by atoms with Gasteiger partial charge in [-0.05, 0) is 53.3 Å². The first-order valence-electron chi connectivity index (χ1n) is 5.49. The molecule has 118 valence electrons. The quantitative estimate of drug-likeness (QED) is 0.559. The van der Waals surface area contributed by atoms with Crippen LogP contribution in [-0.2, 0) is 10.1 Å². The molecule has 1 unspecified atom stereocenters. The zero-order valence-electron chi connectivity index (χ0n) is 10.6. The van der Waals surface area contributed by atoms with Gasteiger partial charge in [-0.2, -0.15) is 21.6 Å². The summed E-state index contributed by atoms with van der Waals surface area (Å²) in [6.07, 6.45) is -5.00. The van der Waals surface area contributed by atoms with E-state index in [1.807, 2.05) is 22.6 Å². The SMILES string of the molecule is Cc1cc(C(=O)NC(CS(=O)(=O)O)C(F)(F)F)ccc1I. The molecular formula is C11H11F3INO4S. The largest absolute Gasteiger partial charge is 0.409 e. The van der Waals surface area contributed by atoms with Gasteiger partial charge in [0.2, 0.25) is 0 Å². The Morgan fingerprint density at radius 1 is 1.43 bits per heavy atom. The number of hydrogen-bond acceptors (Lipinski definition) is 3. The van der Waals surface area contributed by atoms with Gasteiger partial charge in [-0.25, -0.2) is 0 Å². The fraction of sp³-hybridized carbons (Fsp3) is 0.364. The predicted octanol–water partition coefficient (Wildman–Crippen LogP) is 2.15. The van der Waals surface area contributed by atoms with Crippen molar-refractivity contribution in [3.05, 3.63) is 32.9 Å². The molecule has 0 bridgehead atoms. The third-order valence-electron chi connectivity index (χ3n) is 2.50. The molecule has 2 N–H and O–H groups in total. The third-order valence-corrected chi connectivity index (χ3v) is 4.46. The molecule has 1 aromatic rings. The molecule has 0 aromatic heterocycles. The van der Waals surface area contributed by atoms with Crippen molar-refractivity contribution in [3.8, 4) is 0 Å². The fourth-order valence-corrected chi connectivity index (χ4v) is 2.49. The number of aryl methyl sites for hydroxylation is 1. The Labute approximate surface area is 132 Å². The lowest BCUT2D eigenvalue weighted by molar-refractivity contribution is -0.148. The van der Waals surface area contributed by atoms with E-state index < -0.39 is 34.0 Å². The van der Waals surface area contributed by atoms with E-state index in [1.54, 1.807) is 18.3 Å². The van der Waals surface area contributed by atoms with Crippen molar-refractivity contribution in [1.82, 2.24) is 5.32 Å². The topological polar surface area (TPSA) is 83.5 Å². The van der Waals surface area contributed by atoms with Gasteiger partial charge in [0, 0.05) is 9.13 Å². The van der Waals surface area contributed by atoms with E-state index in [9.17, 15) is 26.4 Å². The smallest absolute Gasteiger partial charge is 0.339 e. The van der Waals surface area contributed by atoms with E-state index >= 15 is 0 Å². The average molecular weight is 437 g/mol. The molecule has 0 radical (unpaired) electrons. The molecule has 1 aromatic carbocycles. The fourth-order valence-electron chi connectivity index (χ4n) is 1.46. The molecule has 1 rings (SSSR count). The van der Waals surface area contributed by atoms with Crippen LogP contribution < -0.4 is 5.32 Å². The number of rotatable bonds is 4. The van der Waals surface area contributed by atoms with Gasteiger partial charge in [-0.3, -0.25) is 9.35 Å². The second-order valence-electron chi connectivity index (χ2n) is 4.28. The molecule has 0 aliphatic heterocycles. The number of carbonyl (C=O) groups is 1. The van der Waals surface area contributed by atoms with Crippen LogP contribution in [0, 0.1) is 10.5 Å². The van der Waals surface area contributed by atoms with Crippen molar-refractivity contribution in [2.75, 3.05) is 5.75 Å². The molecule has 0 aliphatic rings. The van der Waals surface area contributed by atoms with Gasteiger partial charge in [-0.1, -0.05) is 0 Å². The van der Waals surface area contributed by atoms with E-state index in [2.05, 4.69) is 0 Å². The average Bonchev–Trinajstić information content (AvgIpc) is 2.28. The van der Waals surface area contributed by atoms with E-state index in [1.165, 1.54) is 12.1 Å². The van der Waals surface area contributed by atoms with Crippen molar-refractivity contribution in [2.24, 2.45) is 0 Å². The highest BCUT2D eigenvalue weighted by atomic mass is 127. The molecule has 0 aliphatic carbocycles. The molecule has 1 amide bonds. The van der Waals surface area contributed by atoms with Crippen molar-refractivity contribution >= 4 is 38.6 Å². The first kappa shape index (κ1) is 18.2. The van der Waals surface area contributed by atoms with E-state index in [4.69, 9.17) is 4.55 Å². The number of carbonyl (C=O) groups excluding carboxylic acids is 1. The maximum atomic E-state index is 12.7. The van der Waals surface area contributed by atoms with E-state index in [0.717, 1.165) is 3.57 Å². The lowest BCUT2D eigenvalue weighted by atomic mass is 10.1. The van der Waals surface area contributed by atoms with Crippen molar-refractivity contribution in [1.29, 1.82) is 0 Å². The van der Waals surface area contributed by atoms with Crippen LogP contribution in [0.15, 0.2) is 18.2 Å². The highest BCUT2D eigenvalue weighted by Crippen LogP contribution is 2.22. The highest BCUT2D eigenvalue weighted by Gasteiger charge is 2.43. The summed E-state index contributed by atoms with van der Waals surface area (Å²) < 4.78 is 68.6. The van der Waals surface area contributed by atoms with Gasteiger partial charge >= 0.3 is 6.18 Å². The normalized spacial score (nSPS) is 13.8. The minimum absolute atomic E-state index is 0.0301. The molecule has 10 heteroatoms. The summed E-state index contributed by atoms with van der Waals surface area (Å²) in [6.45, 7) is 1.68. The van der Waals surface area contributed by atoms with Crippen LogP contribution in [0.4, 0.5) is 13.2 Å². The lowest BCUT2D eigenvalue weighted by Crippen LogP contribution is -2.49. The van der Waals surface area contributed by atoms with Gasteiger partial charge < -0.3 is 5.32 Å². The first-order valence-corrected chi connectivity index (χ1v) is 8.18. The summed E-state index contributed by atoms with van der Waals surface area (Å²) in [6, 6.07) is 1.58. The van der Waals surface area contributed by atoms with E-state index in [-0.39, 0.29) is 5.56 Å². The van der Waals surface area contributed by atoms with Gasteiger partial charge in [0.25, 0.3) is 16.0 Å². The van der Waals surface area contributed by atoms with Crippen LogP contribution in [0.5, 0.6) is 0 Å². The van der Waals surface area contributed by atoms with Gasteiger partial charge in [0.1, 0.15) is 11.8 Å². The van der Waals surface area contributed by atoms with E-state index in [0.29, 0.717) is 5.56 Å². The van der Waals surface area contributed by atoms with Crippen LogP contribution in [0.1, 0.15) is 15.9 Å².